The molecule has 2 saturated carbocycles. The second kappa shape index (κ2) is 6.60. The zero-order chi connectivity index (χ0) is 14.8. The largest absolute Gasteiger partial charge is 0.308 e. The Morgan fingerprint density at radius 1 is 1.20 bits per heavy atom. The molecule has 0 aromatic carbocycles. The Kier molecular flexibility index (Phi) is 5.28. The first-order valence-electron chi connectivity index (χ1n) is 8.79. The highest BCUT2D eigenvalue weighted by Crippen LogP contribution is 2.59. The number of nitrogens with one attached hydrogen (secondary N) is 1. The molecule has 0 aromatic rings. The van der Waals surface area contributed by atoms with Crippen LogP contribution >= 0.6 is 0 Å². The number of ketones is 1. The van der Waals surface area contributed by atoms with Crippen LogP contribution < -0.4 is 5.32 Å². The van der Waals surface area contributed by atoms with Gasteiger partial charge in [0.05, 0.1) is 6.04 Å². The van der Waals surface area contributed by atoms with Gasteiger partial charge in [-0.15, -0.1) is 0 Å². The van der Waals surface area contributed by atoms with Gasteiger partial charge in [0.2, 0.25) is 0 Å². The lowest BCUT2D eigenvalue weighted by Gasteiger charge is -2.56. The third kappa shape index (κ3) is 2.95. The predicted octanol–water partition coefficient (Wildman–Crippen LogP) is 4.19. The van der Waals surface area contributed by atoms with E-state index in [4.69, 9.17) is 0 Å². The van der Waals surface area contributed by atoms with Crippen molar-refractivity contribution in [2.24, 2.45) is 23.2 Å². The lowest BCUT2D eigenvalue weighted by Crippen LogP contribution is -2.48. The van der Waals surface area contributed by atoms with E-state index in [1.807, 2.05) is 6.92 Å². The highest BCUT2D eigenvalue weighted by atomic mass is 16.1. The maximum atomic E-state index is 12.1. The van der Waals surface area contributed by atoms with E-state index < -0.39 is 0 Å². The third-order valence-electron chi connectivity index (χ3n) is 6.38. The van der Waals surface area contributed by atoms with Gasteiger partial charge in [0.25, 0.3) is 0 Å². The van der Waals surface area contributed by atoms with Gasteiger partial charge < -0.3 is 5.32 Å². The van der Waals surface area contributed by atoms with E-state index in [1.165, 1.54) is 32.1 Å². The third-order valence-corrected chi connectivity index (χ3v) is 6.38. The predicted molar refractivity (Wildman–Crippen MR) is 84.7 cm³/mol. The van der Waals surface area contributed by atoms with Crippen LogP contribution in [-0.4, -0.2) is 18.4 Å². The minimum absolute atomic E-state index is 0.102. The molecule has 2 aliphatic rings. The summed E-state index contributed by atoms with van der Waals surface area (Å²) in [6.07, 6.45) is 8.74. The first kappa shape index (κ1) is 16.0. The maximum absolute atomic E-state index is 12.1. The molecule has 2 heteroatoms. The highest BCUT2D eigenvalue weighted by molar-refractivity contribution is 5.83. The van der Waals surface area contributed by atoms with Crippen molar-refractivity contribution in [2.75, 3.05) is 6.54 Å². The molecule has 116 valence electrons. The minimum Gasteiger partial charge on any atom is -0.308 e. The quantitative estimate of drug-likeness (QED) is 0.790. The normalized spacial score (nSPS) is 33.7. The van der Waals surface area contributed by atoms with E-state index in [2.05, 4.69) is 26.1 Å². The first-order valence-corrected chi connectivity index (χ1v) is 8.79. The Bertz CT molecular complexity index is 320. The van der Waals surface area contributed by atoms with E-state index in [0.29, 0.717) is 17.6 Å². The summed E-state index contributed by atoms with van der Waals surface area (Å²) in [6.45, 7) is 9.92. The fourth-order valence-electron chi connectivity index (χ4n) is 4.97. The van der Waals surface area contributed by atoms with Crippen LogP contribution in [0.1, 0.15) is 72.6 Å². The lowest BCUT2D eigenvalue weighted by molar-refractivity contribution is -0.121. The van der Waals surface area contributed by atoms with Crippen LogP contribution in [0.15, 0.2) is 0 Å². The van der Waals surface area contributed by atoms with Crippen molar-refractivity contribution < 1.29 is 4.79 Å². The van der Waals surface area contributed by atoms with E-state index in [1.54, 1.807) is 0 Å². The molecule has 0 aromatic heterocycles. The Morgan fingerprint density at radius 3 is 2.20 bits per heavy atom. The molecule has 0 radical (unpaired) electrons. The van der Waals surface area contributed by atoms with Crippen LogP contribution in [0.3, 0.4) is 0 Å². The van der Waals surface area contributed by atoms with Crippen molar-refractivity contribution in [1.29, 1.82) is 0 Å². The molecule has 3 atom stereocenters. The fraction of sp³-hybridized carbons (Fsp3) is 0.944. The Hall–Kier alpha value is -0.370. The Morgan fingerprint density at radius 2 is 1.80 bits per heavy atom. The Balaban J connectivity index is 1.95. The van der Waals surface area contributed by atoms with Crippen molar-refractivity contribution in [3.05, 3.63) is 0 Å². The molecule has 0 bridgehead atoms. The topological polar surface area (TPSA) is 29.1 Å². The average Bonchev–Trinajstić information content (AvgIpc) is 2.35. The van der Waals surface area contributed by atoms with Gasteiger partial charge in [-0.3, -0.25) is 4.79 Å². The number of hydrogen-bond acceptors (Lipinski definition) is 2. The molecule has 0 aliphatic heterocycles. The van der Waals surface area contributed by atoms with Crippen LogP contribution in [0, 0.1) is 23.2 Å². The average molecular weight is 279 g/mol. The van der Waals surface area contributed by atoms with Crippen molar-refractivity contribution in [3.63, 3.8) is 0 Å². The van der Waals surface area contributed by atoms with Gasteiger partial charge in [-0.1, -0.05) is 34.1 Å². The number of carbonyl (C=O) groups is 1. The molecular weight excluding hydrogens is 246 g/mol. The van der Waals surface area contributed by atoms with E-state index in [0.717, 1.165) is 30.7 Å². The van der Waals surface area contributed by atoms with Gasteiger partial charge in [-0.05, 0) is 61.8 Å². The summed E-state index contributed by atoms with van der Waals surface area (Å²) >= 11 is 0. The van der Waals surface area contributed by atoms with Crippen LogP contribution in [0.2, 0.25) is 0 Å². The summed E-state index contributed by atoms with van der Waals surface area (Å²) in [6, 6.07) is 0.102. The van der Waals surface area contributed by atoms with Crippen LogP contribution in [0.5, 0.6) is 0 Å². The molecule has 0 amide bonds. The monoisotopic (exact) mass is 279 g/mol. The van der Waals surface area contributed by atoms with Gasteiger partial charge in [-0.2, -0.15) is 0 Å². The van der Waals surface area contributed by atoms with Gasteiger partial charge in [0.1, 0.15) is 5.78 Å². The molecule has 2 aliphatic carbocycles. The van der Waals surface area contributed by atoms with E-state index in [9.17, 15) is 4.79 Å². The van der Waals surface area contributed by atoms with Crippen LogP contribution in [0.4, 0.5) is 0 Å². The lowest BCUT2D eigenvalue weighted by atomic mass is 9.49. The molecule has 2 rings (SSSR count). The first-order chi connectivity index (χ1) is 9.53. The van der Waals surface area contributed by atoms with E-state index in [-0.39, 0.29) is 6.04 Å². The summed E-state index contributed by atoms with van der Waals surface area (Å²) in [5.41, 5.74) is 0.666. The van der Waals surface area contributed by atoms with Crippen molar-refractivity contribution in [2.45, 2.75) is 78.7 Å². The molecule has 0 saturated heterocycles. The second-order valence-electron chi connectivity index (χ2n) is 7.39. The molecule has 1 N–H and O–H groups in total. The number of carbonyl (C=O) groups excluding carboxylic acids is 1. The fourth-order valence-corrected chi connectivity index (χ4v) is 4.97. The molecule has 20 heavy (non-hydrogen) atoms. The number of Topliss-reactive ketones (excluding diaryl/α,β-unsaturated/α-hetero) is 1. The van der Waals surface area contributed by atoms with E-state index >= 15 is 0 Å². The number of hydrogen-bond donors (Lipinski definition) is 1. The summed E-state index contributed by atoms with van der Waals surface area (Å²) in [5.74, 6) is 2.84. The van der Waals surface area contributed by atoms with Gasteiger partial charge in [0.15, 0.2) is 0 Å². The second-order valence-corrected chi connectivity index (χ2v) is 7.39. The van der Waals surface area contributed by atoms with Crippen LogP contribution in [-0.2, 0) is 4.79 Å². The summed E-state index contributed by atoms with van der Waals surface area (Å²) in [4.78, 5) is 12.1. The van der Waals surface area contributed by atoms with Gasteiger partial charge in [0, 0.05) is 6.42 Å². The SMILES string of the molecule is CCNC(CC1CC(C)C2(CCC2)C(C)C1)C(=O)CC. The van der Waals surface area contributed by atoms with Gasteiger partial charge >= 0.3 is 0 Å². The maximum Gasteiger partial charge on any atom is 0.149 e. The van der Waals surface area contributed by atoms with Crippen molar-refractivity contribution in [3.8, 4) is 0 Å². The number of likely N-dealkylation sites (N-methyl/N-ethyl adjacent to an activating group) is 1. The zero-order valence-electron chi connectivity index (χ0n) is 13.9. The van der Waals surface area contributed by atoms with Gasteiger partial charge in [-0.25, -0.2) is 0 Å². The zero-order valence-corrected chi connectivity index (χ0v) is 13.9. The molecular formula is C18H33NO. The highest BCUT2D eigenvalue weighted by Gasteiger charge is 2.49. The molecule has 2 nitrogen and oxygen atoms in total. The summed E-state index contributed by atoms with van der Waals surface area (Å²) in [5, 5.41) is 3.41. The smallest absolute Gasteiger partial charge is 0.149 e. The van der Waals surface area contributed by atoms with Crippen molar-refractivity contribution >= 4 is 5.78 Å². The molecule has 3 unspecified atom stereocenters. The standard InChI is InChI=1S/C18H33NO/c1-5-17(20)16(19-6-2)12-15-10-13(3)18(8-7-9-18)14(4)11-15/h13-16,19H,5-12H2,1-4H3. The van der Waals surface area contributed by atoms with Crippen molar-refractivity contribution in [1.82, 2.24) is 5.32 Å². The molecule has 0 heterocycles. The Labute approximate surface area is 125 Å². The summed E-state index contributed by atoms with van der Waals surface area (Å²) < 4.78 is 0. The molecule has 2 fully saturated rings. The summed E-state index contributed by atoms with van der Waals surface area (Å²) in [7, 11) is 0. The minimum atomic E-state index is 0.102. The number of rotatable bonds is 6. The van der Waals surface area contributed by atoms with Crippen LogP contribution in [0.25, 0.3) is 0 Å². The molecule has 1 spiro atoms.